The molecule has 0 radical (unpaired) electrons. The highest BCUT2D eigenvalue weighted by Crippen LogP contribution is 2.23. The third kappa shape index (κ3) is 2.28. The Morgan fingerprint density at radius 2 is 2.22 bits per heavy atom. The van der Waals surface area contributed by atoms with E-state index >= 15 is 0 Å². The molecule has 0 atom stereocenters. The van der Waals surface area contributed by atoms with Gasteiger partial charge >= 0.3 is 0 Å². The summed E-state index contributed by atoms with van der Waals surface area (Å²) in [7, 11) is 0. The lowest BCUT2D eigenvalue weighted by Gasteiger charge is -1.95. The fourth-order valence-electron chi connectivity index (χ4n) is 1.55. The maximum Gasteiger partial charge on any atom is 0.205 e. The quantitative estimate of drug-likeness (QED) is 0.574. The van der Waals surface area contributed by atoms with Crippen molar-refractivity contribution in [3.05, 3.63) is 42.7 Å². The van der Waals surface area contributed by atoms with Crippen LogP contribution in [0.3, 0.4) is 0 Å². The molecule has 6 heteroatoms. The average Bonchev–Trinajstić information content (AvgIpc) is 2.79. The molecule has 90 valence electrons. The Morgan fingerprint density at radius 3 is 3.06 bits per heavy atom. The van der Waals surface area contributed by atoms with Crippen LogP contribution in [-0.4, -0.2) is 15.0 Å². The Balaban J connectivity index is 1.79. The van der Waals surface area contributed by atoms with Crippen molar-refractivity contribution in [3.63, 3.8) is 0 Å². The minimum absolute atomic E-state index is 0.618. The highest BCUT2D eigenvalue weighted by molar-refractivity contribution is 7.98. The van der Waals surface area contributed by atoms with Crippen LogP contribution in [0.5, 0.6) is 0 Å². The summed E-state index contributed by atoms with van der Waals surface area (Å²) in [6.45, 7) is 0. The molecule has 18 heavy (non-hydrogen) atoms. The standard InChI is InChI=1S/C12H10N4OS/c13-8-1-2-10-9(5-8)16-11(17-10)7-18-12-6-14-3-4-15-12/h1-6H,7,13H2. The van der Waals surface area contributed by atoms with Crippen LogP contribution in [0.2, 0.25) is 0 Å². The Kier molecular flexibility index (Phi) is 2.85. The van der Waals surface area contributed by atoms with Gasteiger partial charge in [0, 0.05) is 18.1 Å². The van der Waals surface area contributed by atoms with Crippen molar-refractivity contribution in [3.8, 4) is 0 Å². The number of fused-ring (bicyclic) bond motifs is 1. The van der Waals surface area contributed by atoms with E-state index in [-0.39, 0.29) is 0 Å². The first-order valence-electron chi connectivity index (χ1n) is 5.35. The number of anilines is 1. The Morgan fingerprint density at radius 1 is 1.28 bits per heavy atom. The molecule has 5 nitrogen and oxygen atoms in total. The number of nitrogens with two attached hydrogens (primary N) is 1. The molecule has 3 rings (SSSR count). The molecule has 0 amide bonds. The molecule has 2 heterocycles. The largest absolute Gasteiger partial charge is 0.440 e. The third-order valence-electron chi connectivity index (χ3n) is 2.34. The number of oxazole rings is 1. The van der Waals surface area contributed by atoms with Gasteiger partial charge in [0.05, 0.1) is 11.9 Å². The topological polar surface area (TPSA) is 77.8 Å². The first-order chi connectivity index (χ1) is 8.81. The number of aromatic nitrogens is 3. The fraction of sp³-hybridized carbons (Fsp3) is 0.0833. The van der Waals surface area contributed by atoms with Gasteiger partial charge in [-0.1, -0.05) is 11.8 Å². The van der Waals surface area contributed by atoms with Crippen molar-refractivity contribution in [2.45, 2.75) is 10.8 Å². The molecular weight excluding hydrogens is 248 g/mol. The van der Waals surface area contributed by atoms with Crippen LogP contribution in [0.1, 0.15) is 5.89 Å². The molecular formula is C12H10N4OS. The van der Waals surface area contributed by atoms with Crippen molar-refractivity contribution >= 4 is 28.5 Å². The van der Waals surface area contributed by atoms with Crippen molar-refractivity contribution in [1.82, 2.24) is 15.0 Å². The van der Waals surface area contributed by atoms with Gasteiger partial charge in [0.2, 0.25) is 5.89 Å². The van der Waals surface area contributed by atoms with Gasteiger partial charge in [-0.05, 0) is 18.2 Å². The van der Waals surface area contributed by atoms with Crippen molar-refractivity contribution in [1.29, 1.82) is 0 Å². The molecule has 0 aliphatic carbocycles. The lowest BCUT2D eigenvalue weighted by molar-refractivity contribution is 0.556. The number of rotatable bonds is 3. The number of hydrogen-bond acceptors (Lipinski definition) is 6. The van der Waals surface area contributed by atoms with Gasteiger partial charge in [-0.2, -0.15) is 0 Å². The summed E-state index contributed by atoms with van der Waals surface area (Å²) < 4.78 is 5.61. The van der Waals surface area contributed by atoms with E-state index in [4.69, 9.17) is 10.2 Å². The van der Waals surface area contributed by atoms with E-state index in [1.54, 1.807) is 30.7 Å². The molecule has 1 aromatic carbocycles. The summed E-state index contributed by atoms with van der Waals surface area (Å²) in [5, 5.41) is 0.847. The lowest BCUT2D eigenvalue weighted by atomic mass is 10.3. The molecule has 3 aromatic rings. The van der Waals surface area contributed by atoms with Crippen LogP contribution in [0.4, 0.5) is 5.69 Å². The number of nitrogen functional groups attached to an aromatic ring is 1. The Hall–Kier alpha value is -2.08. The highest BCUT2D eigenvalue weighted by atomic mass is 32.2. The van der Waals surface area contributed by atoms with Crippen molar-refractivity contribution in [2.24, 2.45) is 0 Å². The van der Waals surface area contributed by atoms with Gasteiger partial charge in [0.1, 0.15) is 10.5 Å². The molecule has 0 aliphatic heterocycles. The number of benzene rings is 1. The number of nitrogens with zero attached hydrogens (tertiary/aromatic N) is 3. The average molecular weight is 258 g/mol. The normalized spacial score (nSPS) is 10.9. The van der Waals surface area contributed by atoms with Crippen LogP contribution in [0, 0.1) is 0 Å². The maximum absolute atomic E-state index is 5.69. The molecule has 0 saturated carbocycles. The van der Waals surface area contributed by atoms with Gasteiger partial charge in [-0.25, -0.2) is 9.97 Å². The summed E-state index contributed by atoms with van der Waals surface area (Å²) >= 11 is 1.53. The Bertz CT molecular complexity index is 668. The molecule has 0 fully saturated rings. The van der Waals surface area contributed by atoms with Gasteiger partial charge in [0.25, 0.3) is 0 Å². The Labute approximate surface area is 107 Å². The summed E-state index contributed by atoms with van der Waals surface area (Å²) in [6, 6.07) is 5.43. The van der Waals surface area contributed by atoms with E-state index in [1.807, 2.05) is 6.07 Å². The van der Waals surface area contributed by atoms with E-state index in [1.165, 1.54) is 11.8 Å². The van der Waals surface area contributed by atoms with Crippen LogP contribution in [0.25, 0.3) is 11.1 Å². The SMILES string of the molecule is Nc1ccc2oc(CSc3cnccn3)nc2c1. The molecule has 0 bridgehead atoms. The van der Waals surface area contributed by atoms with E-state index in [0.29, 0.717) is 17.3 Å². The molecule has 0 spiro atoms. The van der Waals surface area contributed by atoms with Crippen molar-refractivity contribution in [2.75, 3.05) is 5.73 Å². The molecule has 0 aliphatic rings. The number of thioether (sulfide) groups is 1. The summed E-state index contributed by atoms with van der Waals surface area (Å²) in [5.74, 6) is 1.28. The van der Waals surface area contributed by atoms with E-state index in [2.05, 4.69) is 15.0 Å². The van der Waals surface area contributed by atoms with Gasteiger partial charge < -0.3 is 10.2 Å². The predicted molar refractivity (Wildman–Crippen MR) is 70.0 cm³/mol. The summed E-state index contributed by atoms with van der Waals surface area (Å²) in [4.78, 5) is 12.5. The van der Waals surface area contributed by atoms with Gasteiger partial charge in [-0.15, -0.1) is 0 Å². The molecule has 2 aromatic heterocycles. The summed E-state index contributed by atoms with van der Waals surface area (Å²) in [6.07, 6.45) is 5.02. The zero-order valence-electron chi connectivity index (χ0n) is 9.41. The smallest absolute Gasteiger partial charge is 0.205 e. The third-order valence-corrected chi connectivity index (χ3v) is 3.24. The zero-order valence-corrected chi connectivity index (χ0v) is 10.2. The first kappa shape index (κ1) is 11.0. The van der Waals surface area contributed by atoms with E-state index < -0.39 is 0 Å². The van der Waals surface area contributed by atoms with Gasteiger partial charge in [-0.3, -0.25) is 4.98 Å². The van der Waals surface area contributed by atoms with Gasteiger partial charge in [0.15, 0.2) is 5.58 Å². The minimum Gasteiger partial charge on any atom is -0.440 e. The predicted octanol–water partition coefficient (Wildman–Crippen LogP) is 2.49. The zero-order chi connectivity index (χ0) is 12.4. The molecule has 0 unspecified atom stereocenters. The second-order valence-electron chi connectivity index (χ2n) is 3.67. The van der Waals surface area contributed by atoms with Crippen LogP contribution in [-0.2, 0) is 5.75 Å². The van der Waals surface area contributed by atoms with Crippen LogP contribution < -0.4 is 5.73 Å². The minimum atomic E-state index is 0.618. The van der Waals surface area contributed by atoms with Crippen molar-refractivity contribution < 1.29 is 4.42 Å². The molecule has 0 saturated heterocycles. The van der Waals surface area contributed by atoms with E-state index in [9.17, 15) is 0 Å². The first-order valence-corrected chi connectivity index (χ1v) is 6.33. The highest BCUT2D eigenvalue weighted by Gasteiger charge is 2.06. The molecule has 2 N–H and O–H groups in total. The summed E-state index contributed by atoms with van der Waals surface area (Å²) in [5.41, 5.74) is 7.91. The van der Waals surface area contributed by atoms with Crippen LogP contribution >= 0.6 is 11.8 Å². The monoisotopic (exact) mass is 258 g/mol. The number of hydrogen-bond donors (Lipinski definition) is 1. The second kappa shape index (κ2) is 4.66. The van der Waals surface area contributed by atoms with E-state index in [0.717, 1.165) is 16.1 Å². The maximum atomic E-state index is 5.69. The van der Waals surface area contributed by atoms with Crippen LogP contribution in [0.15, 0.2) is 46.2 Å². The second-order valence-corrected chi connectivity index (χ2v) is 4.66. The lowest BCUT2D eigenvalue weighted by Crippen LogP contribution is -1.84. The fourth-order valence-corrected chi connectivity index (χ4v) is 2.22.